The van der Waals surface area contributed by atoms with Gasteiger partial charge in [-0.3, -0.25) is 0 Å². The molecule has 0 fully saturated rings. The molecule has 0 bridgehead atoms. The van der Waals surface area contributed by atoms with Crippen LogP contribution in [-0.4, -0.2) is 18.5 Å². The van der Waals surface area contributed by atoms with E-state index in [9.17, 15) is 0 Å². The molecule has 88 valence electrons. The van der Waals surface area contributed by atoms with Gasteiger partial charge >= 0.3 is 0 Å². The Labute approximate surface area is 103 Å². The minimum atomic E-state index is -0.114. The van der Waals surface area contributed by atoms with Crippen LogP contribution >= 0.6 is 11.8 Å². The Morgan fingerprint density at radius 1 is 1.38 bits per heavy atom. The molecule has 1 aromatic rings. The smallest absolute Gasteiger partial charge is 0.0778 e. The lowest BCUT2D eigenvalue weighted by Gasteiger charge is -2.26. The first kappa shape index (κ1) is 13.3. The van der Waals surface area contributed by atoms with Crippen LogP contribution in [0.25, 0.3) is 0 Å². The number of methoxy groups -OCH3 is 1. The van der Waals surface area contributed by atoms with E-state index in [1.807, 2.05) is 17.8 Å². The summed E-state index contributed by atoms with van der Waals surface area (Å²) in [5.74, 6) is 0.943. The van der Waals surface area contributed by atoms with E-state index in [0.717, 1.165) is 12.2 Å². The lowest BCUT2D eigenvalue weighted by Crippen LogP contribution is -2.29. The van der Waals surface area contributed by atoms with Crippen molar-refractivity contribution >= 4 is 11.8 Å². The number of benzene rings is 1. The highest BCUT2D eigenvalue weighted by Crippen LogP contribution is 2.27. The Morgan fingerprint density at radius 3 is 2.50 bits per heavy atom. The number of aryl methyl sites for hydroxylation is 1. The zero-order valence-electron chi connectivity index (χ0n) is 10.3. The van der Waals surface area contributed by atoms with Crippen molar-refractivity contribution in [3.05, 3.63) is 42.5 Å². The lowest BCUT2D eigenvalue weighted by atomic mass is 10.1. The molecular weight excluding hydrogens is 216 g/mol. The Bertz CT molecular complexity index is 331. The van der Waals surface area contributed by atoms with Crippen LogP contribution in [0.3, 0.4) is 0 Å². The summed E-state index contributed by atoms with van der Waals surface area (Å²) in [6.07, 6.45) is 2.79. The Kier molecular flexibility index (Phi) is 5.10. The third-order valence-electron chi connectivity index (χ3n) is 2.63. The van der Waals surface area contributed by atoms with Gasteiger partial charge in [0.25, 0.3) is 0 Å². The van der Waals surface area contributed by atoms with Crippen molar-refractivity contribution in [1.82, 2.24) is 0 Å². The molecule has 0 radical (unpaired) electrons. The van der Waals surface area contributed by atoms with Gasteiger partial charge in [0, 0.05) is 17.8 Å². The molecule has 1 unspecified atom stereocenters. The van der Waals surface area contributed by atoms with Crippen molar-refractivity contribution in [2.45, 2.75) is 30.8 Å². The maximum atomic E-state index is 5.53. The fourth-order valence-electron chi connectivity index (χ4n) is 1.38. The highest BCUT2D eigenvalue weighted by molar-refractivity contribution is 7.99. The summed E-state index contributed by atoms with van der Waals surface area (Å²) in [6.45, 7) is 7.99. The highest BCUT2D eigenvalue weighted by Gasteiger charge is 2.21. The van der Waals surface area contributed by atoms with Gasteiger partial charge < -0.3 is 4.74 Å². The first-order valence-electron chi connectivity index (χ1n) is 5.45. The third-order valence-corrected chi connectivity index (χ3v) is 3.99. The molecule has 0 spiro atoms. The molecular formula is C14H20OS. The maximum absolute atomic E-state index is 5.53. The van der Waals surface area contributed by atoms with Gasteiger partial charge in [0.05, 0.1) is 5.60 Å². The molecule has 0 amide bonds. The molecule has 1 atom stereocenters. The fraction of sp³-hybridized carbons (Fsp3) is 0.429. The molecule has 0 saturated carbocycles. The number of thioether (sulfide) groups is 1. The standard InChI is InChI=1S/C14H20OS/c1-5-10-14(3,15-4)11-16-13-8-6-12(2)7-9-13/h5-9H,1,10-11H2,2-4H3. The topological polar surface area (TPSA) is 9.23 Å². The summed E-state index contributed by atoms with van der Waals surface area (Å²) >= 11 is 1.83. The zero-order chi connectivity index (χ0) is 12.0. The second-order valence-electron chi connectivity index (χ2n) is 4.25. The Hall–Kier alpha value is -0.730. The van der Waals surface area contributed by atoms with Gasteiger partial charge in [-0.2, -0.15) is 0 Å². The number of hydrogen-bond donors (Lipinski definition) is 0. The molecule has 0 heterocycles. The molecule has 2 heteroatoms. The number of ether oxygens (including phenoxy) is 1. The van der Waals surface area contributed by atoms with Gasteiger partial charge in [-0.25, -0.2) is 0 Å². The van der Waals surface area contributed by atoms with Crippen LogP contribution in [0.15, 0.2) is 41.8 Å². The molecule has 1 rings (SSSR count). The van der Waals surface area contributed by atoms with Crippen molar-refractivity contribution in [3.63, 3.8) is 0 Å². The number of hydrogen-bond acceptors (Lipinski definition) is 2. The first-order valence-corrected chi connectivity index (χ1v) is 6.44. The summed E-state index contributed by atoms with van der Waals surface area (Å²) < 4.78 is 5.53. The summed E-state index contributed by atoms with van der Waals surface area (Å²) in [7, 11) is 1.76. The zero-order valence-corrected chi connectivity index (χ0v) is 11.1. The summed E-state index contributed by atoms with van der Waals surface area (Å²) in [6, 6.07) is 8.59. The van der Waals surface area contributed by atoms with Crippen molar-refractivity contribution < 1.29 is 4.74 Å². The van der Waals surface area contributed by atoms with Gasteiger partial charge in [-0.05, 0) is 32.4 Å². The Morgan fingerprint density at radius 2 is 2.00 bits per heavy atom. The van der Waals surface area contributed by atoms with Gasteiger partial charge in [0.15, 0.2) is 0 Å². The van der Waals surface area contributed by atoms with Crippen LogP contribution in [0.2, 0.25) is 0 Å². The van der Waals surface area contributed by atoms with Gasteiger partial charge in [0.2, 0.25) is 0 Å². The van der Waals surface area contributed by atoms with Crippen molar-refractivity contribution in [2.75, 3.05) is 12.9 Å². The third kappa shape index (κ3) is 4.03. The van der Waals surface area contributed by atoms with E-state index in [1.54, 1.807) is 7.11 Å². The average Bonchev–Trinajstić information content (AvgIpc) is 2.29. The van der Waals surface area contributed by atoms with E-state index in [-0.39, 0.29) is 5.60 Å². The lowest BCUT2D eigenvalue weighted by molar-refractivity contribution is 0.0299. The molecule has 0 N–H and O–H groups in total. The second-order valence-corrected chi connectivity index (χ2v) is 5.30. The van der Waals surface area contributed by atoms with Crippen LogP contribution in [0.4, 0.5) is 0 Å². The van der Waals surface area contributed by atoms with E-state index < -0.39 is 0 Å². The van der Waals surface area contributed by atoms with Crippen LogP contribution in [0.1, 0.15) is 18.9 Å². The molecule has 0 aliphatic carbocycles. The highest BCUT2D eigenvalue weighted by atomic mass is 32.2. The van der Waals surface area contributed by atoms with Gasteiger partial charge in [-0.1, -0.05) is 23.8 Å². The molecule has 0 aliphatic heterocycles. The molecule has 0 saturated heterocycles. The quantitative estimate of drug-likeness (QED) is 0.544. The van der Waals surface area contributed by atoms with Crippen LogP contribution in [0, 0.1) is 6.92 Å². The van der Waals surface area contributed by atoms with Gasteiger partial charge in [0.1, 0.15) is 0 Å². The predicted octanol–water partition coefficient (Wildman–Crippen LogP) is 4.07. The second kappa shape index (κ2) is 6.12. The van der Waals surface area contributed by atoms with E-state index in [4.69, 9.17) is 4.74 Å². The summed E-state index contributed by atoms with van der Waals surface area (Å²) in [5, 5.41) is 0. The maximum Gasteiger partial charge on any atom is 0.0778 e. The van der Waals surface area contributed by atoms with Crippen LogP contribution in [0.5, 0.6) is 0 Å². The largest absolute Gasteiger partial charge is 0.377 e. The summed E-state index contributed by atoms with van der Waals surface area (Å²) in [5.41, 5.74) is 1.18. The average molecular weight is 236 g/mol. The normalized spacial score (nSPS) is 14.4. The van der Waals surface area contributed by atoms with Crippen LogP contribution in [-0.2, 0) is 4.74 Å². The minimum absolute atomic E-state index is 0.114. The van der Waals surface area contributed by atoms with E-state index in [0.29, 0.717) is 0 Å². The van der Waals surface area contributed by atoms with Crippen molar-refractivity contribution in [3.8, 4) is 0 Å². The summed E-state index contributed by atoms with van der Waals surface area (Å²) in [4.78, 5) is 1.29. The fourth-order valence-corrected chi connectivity index (χ4v) is 2.41. The van der Waals surface area contributed by atoms with Crippen molar-refractivity contribution in [1.29, 1.82) is 0 Å². The molecule has 1 nitrogen and oxygen atoms in total. The first-order chi connectivity index (χ1) is 7.59. The molecule has 0 aliphatic rings. The monoisotopic (exact) mass is 236 g/mol. The van der Waals surface area contributed by atoms with Crippen molar-refractivity contribution in [2.24, 2.45) is 0 Å². The molecule has 1 aromatic carbocycles. The van der Waals surface area contributed by atoms with Gasteiger partial charge in [-0.15, -0.1) is 18.3 Å². The Balaban J connectivity index is 2.55. The molecule has 0 aromatic heterocycles. The van der Waals surface area contributed by atoms with E-state index in [1.165, 1.54) is 10.5 Å². The minimum Gasteiger partial charge on any atom is -0.377 e. The van der Waals surface area contributed by atoms with E-state index in [2.05, 4.69) is 44.7 Å². The van der Waals surface area contributed by atoms with E-state index >= 15 is 0 Å². The predicted molar refractivity (Wildman–Crippen MR) is 72.1 cm³/mol. The number of rotatable bonds is 6. The van der Waals surface area contributed by atoms with Crippen LogP contribution < -0.4 is 0 Å². The SMILES string of the molecule is C=CCC(C)(CSc1ccc(C)cc1)OC. The molecule has 16 heavy (non-hydrogen) atoms.